The maximum absolute atomic E-state index is 12.3. The molecule has 0 aromatic rings. The quantitative estimate of drug-likeness (QED) is 0.0373. The number of esters is 2. The van der Waals surface area contributed by atoms with Crippen molar-refractivity contribution >= 4 is 11.9 Å². The average Bonchev–Trinajstić information content (AvgIpc) is 3.45. The van der Waals surface area contributed by atoms with Gasteiger partial charge in [-0.25, -0.2) is 0 Å². The first-order chi connectivity index (χ1) is 39.1. The van der Waals surface area contributed by atoms with E-state index < -0.39 is 6.10 Å². The lowest BCUT2D eigenvalue weighted by Gasteiger charge is -2.15. The Labute approximate surface area is 489 Å². The monoisotopic (exact) mass is 1090 g/mol. The summed E-state index contributed by atoms with van der Waals surface area (Å²) in [7, 11) is 0. The van der Waals surface area contributed by atoms with Crippen LogP contribution in [0.1, 0.15) is 303 Å². The molecule has 0 aliphatic rings. The van der Waals surface area contributed by atoms with Gasteiger partial charge in [0.25, 0.3) is 0 Å². The number of carbonyl (C=O) groups excluding carboxylic acids is 2. The highest BCUT2D eigenvalue weighted by molar-refractivity contribution is 5.70. The number of ether oxygens (including phenoxy) is 2. The van der Waals surface area contributed by atoms with Gasteiger partial charge in [0.15, 0.2) is 6.10 Å². The Hall–Kier alpha value is -3.96. The fraction of sp³-hybridized carbons (Fsp3) is 0.676. The summed E-state index contributed by atoms with van der Waals surface area (Å²) in [6.45, 7) is 4.04. The molecule has 0 saturated carbocycles. The van der Waals surface area contributed by atoms with E-state index in [1.807, 2.05) is 0 Å². The van der Waals surface area contributed by atoms with Crippen molar-refractivity contribution in [2.24, 2.45) is 0 Å². The molecule has 5 nitrogen and oxygen atoms in total. The Morgan fingerprint density at radius 3 is 0.823 bits per heavy atom. The van der Waals surface area contributed by atoms with Crippen molar-refractivity contribution < 1.29 is 24.2 Å². The third-order valence-electron chi connectivity index (χ3n) is 14.2. The minimum absolute atomic E-state index is 0.0779. The highest BCUT2D eigenvalue weighted by Crippen LogP contribution is 2.17. The lowest BCUT2D eigenvalue weighted by atomic mass is 10.0. The van der Waals surface area contributed by atoms with E-state index in [0.29, 0.717) is 12.8 Å². The van der Waals surface area contributed by atoms with Crippen LogP contribution in [0.15, 0.2) is 134 Å². The van der Waals surface area contributed by atoms with Crippen molar-refractivity contribution in [2.75, 3.05) is 13.2 Å². The smallest absolute Gasteiger partial charge is 0.306 e. The molecule has 0 fully saturated rings. The maximum atomic E-state index is 12.3. The van der Waals surface area contributed by atoms with Crippen LogP contribution < -0.4 is 0 Å². The molecule has 1 unspecified atom stereocenters. The third kappa shape index (κ3) is 66.5. The predicted molar refractivity (Wildman–Crippen MR) is 348 cm³/mol. The summed E-state index contributed by atoms with van der Waals surface area (Å²) in [5.41, 5.74) is 0. The van der Waals surface area contributed by atoms with Gasteiger partial charge in [0.1, 0.15) is 6.61 Å². The number of hydrogen-bond donors (Lipinski definition) is 1. The summed E-state index contributed by atoms with van der Waals surface area (Å²) in [5.74, 6) is -0.609. The summed E-state index contributed by atoms with van der Waals surface area (Å²) < 4.78 is 10.7. The van der Waals surface area contributed by atoms with Crippen molar-refractivity contribution in [3.8, 4) is 0 Å². The molecule has 0 aliphatic carbocycles. The Balaban J connectivity index is 3.59. The molecule has 450 valence electrons. The molecule has 0 amide bonds. The summed E-state index contributed by atoms with van der Waals surface area (Å²) in [6, 6.07) is 0. The Kier molecular flexibility index (Phi) is 64.9. The van der Waals surface area contributed by atoms with E-state index >= 15 is 0 Å². The van der Waals surface area contributed by atoms with Crippen molar-refractivity contribution in [3.05, 3.63) is 134 Å². The number of hydrogen-bond acceptors (Lipinski definition) is 5. The molecule has 1 N–H and O–H groups in total. The van der Waals surface area contributed by atoms with Crippen LogP contribution >= 0.6 is 0 Å². The summed E-state index contributed by atoms with van der Waals surface area (Å²) in [4.78, 5) is 24.6. The molecule has 0 radical (unpaired) electrons. The molecule has 0 spiro atoms. The van der Waals surface area contributed by atoms with Crippen LogP contribution in [0, 0.1) is 0 Å². The van der Waals surface area contributed by atoms with Crippen molar-refractivity contribution in [3.63, 3.8) is 0 Å². The highest BCUT2D eigenvalue weighted by Gasteiger charge is 2.16. The van der Waals surface area contributed by atoms with Gasteiger partial charge in [-0.15, -0.1) is 0 Å². The fourth-order valence-corrected chi connectivity index (χ4v) is 9.27. The van der Waals surface area contributed by atoms with E-state index in [4.69, 9.17) is 9.47 Å². The Morgan fingerprint density at radius 1 is 0.304 bits per heavy atom. The van der Waals surface area contributed by atoms with Crippen molar-refractivity contribution in [2.45, 2.75) is 309 Å². The van der Waals surface area contributed by atoms with Crippen molar-refractivity contribution in [1.82, 2.24) is 0 Å². The van der Waals surface area contributed by atoms with Crippen LogP contribution in [-0.4, -0.2) is 36.4 Å². The first-order valence-electron chi connectivity index (χ1n) is 33.2. The van der Waals surface area contributed by atoms with Gasteiger partial charge in [-0.05, 0) is 96.3 Å². The Bertz CT molecular complexity index is 1620. The number of rotatable bonds is 60. The lowest BCUT2D eigenvalue weighted by Crippen LogP contribution is -2.28. The molecule has 79 heavy (non-hydrogen) atoms. The first-order valence-corrected chi connectivity index (χ1v) is 33.2. The van der Waals surface area contributed by atoms with Gasteiger partial charge in [0, 0.05) is 12.8 Å². The molecular weight excluding hydrogens is 969 g/mol. The van der Waals surface area contributed by atoms with E-state index in [9.17, 15) is 14.7 Å². The van der Waals surface area contributed by atoms with Gasteiger partial charge in [0.2, 0.25) is 0 Å². The van der Waals surface area contributed by atoms with Crippen LogP contribution in [0.25, 0.3) is 0 Å². The van der Waals surface area contributed by atoms with E-state index in [-0.39, 0.29) is 25.2 Å². The molecule has 0 aromatic heterocycles. The zero-order valence-corrected chi connectivity index (χ0v) is 51.6. The molecule has 0 heterocycles. The number of aliphatic hydroxyl groups excluding tert-OH is 1. The molecule has 0 saturated heterocycles. The van der Waals surface area contributed by atoms with Crippen LogP contribution in [0.5, 0.6) is 0 Å². The highest BCUT2D eigenvalue weighted by atomic mass is 16.6. The fourth-order valence-electron chi connectivity index (χ4n) is 9.27. The molecule has 1 atom stereocenters. The van der Waals surface area contributed by atoms with E-state index in [1.165, 1.54) is 148 Å². The normalized spacial score (nSPS) is 13.1. The van der Waals surface area contributed by atoms with Crippen LogP contribution in [0.3, 0.4) is 0 Å². The number of carbonyl (C=O) groups is 2. The molecular formula is C74H124O5. The van der Waals surface area contributed by atoms with Gasteiger partial charge >= 0.3 is 11.9 Å². The first kappa shape index (κ1) is 75.0. The third-order valence-corrected chi connectivity index (χ3v) is 14.2. The van der Waals surface area contributed by atoms with Gasteiger partial charge in [0.05, 0.1) is 6.61 Å². The number of aliphatic hydroxyl groups is 1. The average molecular weight is 1090 g/mol. The largest absolute Gasteiger partial charge is 0.462 e. The van der Waals surface area contributed by atoms with Gasteiger partial charge < -0.3 is 14.6 Å². The summed E-state index contributed by atoms with van der Waals surface area (Å²) >= 11 is 0. The minimum atomic E-state index is -0.791. The molecule has 0 aromatic carbocycles. The lowest BCUT2D eigenvalue weighted by molar-refractivity contribution is -0.161. The molecule has 0 aliphatic heterocycles. The second-order valence-electron chi connectivity index (χ2n) is 21.8. The number of allylic oxidation sites excluding steroid dienone is 22. The molecule has 5 heteroatoms. The molecule has 0 bridgehead atoms. The molecule has 0 rings (SSSR count). The van der Waals surface area contributed by atoms with E-state index in [2.05, 4.69) is 148 Å². The van der Waals surface area contributed by atoms with Crippen LogP contribution in [0.4, 0.5) is 0 Å². The van der Waals surface area contributed by atoms with Gasteiger partial charge in [-0.3, -0.25) is 9.59 Å². The summed E-state index contributed by atoms with van der Waals surface area (Å²) in [5, 5.41) is 9.69. The number of unbranched alkanes of at least 4 members (excludes halogenated alkanes) is 30. The minimum Gasteiger partial charge on any atom is -0.462 e. The summed E-state index contributed by atoms with van der Waals surface area (Å²) in [6.07, 6.45) is 102. The SMILES string of the molecule is CC/C=C\C/C=C\C/C=C\C/C=C\C/C=C\C/C=C\C/C=C\C/C=C\C/C=C\C/C=C\C/C=C\CCCCCCCC(=O)OC(CO)COC(=O)CCCCCCCCCCCCCCCCCCCCCCCCCCCC. The predicted octanol–water partition coefficient (Wildman–Crippen LogP) is 23.1. The van der Waals surface area contributed by atoms with E-state index in [1.54, 1.807) is 0 Å². The van der Waals surface area contributed by atoms with Crippen LogP contribution in [0.2, 0.25) is 0 Å². The standard InChI is InChI=1S/C74H124O5/c1-3-5-7-9-11-13-15-17-19-21-23-25-27-29-31-32-33-34-35-36-37-38-39-40-41-42-43-45-47-49-51-53-55-57-59-61-63-65-67-69-74(77)79-72(70-75)71-78-73(76)68-66-64-62-60-58-56-54-52-50-48-46-44-30-28-26-24-22-20-18-16-14-12-10-8-6-4-2/h5,7,11,13,17,19,23,25,29,31,33-34,36-37,39-40,42-43,47,49,53,55,72,75H,3-4,6,8-10,12,14-16,18,20-22,24,26-28,30,32,35,38,41,44-46,48,50-52,54,56-71H2,1-2H3/b7-5-,13-11-,19-17-,25-23-,31-29-,34-33-,37-36-,40-39-,43-42-,49-47-,55-53-. The van der Waals surface area contributed by atoms with E-state index in [0.717, 1.165) is 128 Å². The zero-order chi connectivity index (χ0) is 56.9. The van der Waals surface area contributed by atoms with Gasteiger partial charge in [-0.1, -0.05) is 327 Å². The second-order valence-corrected chi connectivity index (χ2v) is 21.8. The Morgan fingerprint density at radius 2 is 0.544 bits per heavy atom. The topological polar surface area (TPSA) is 72.8 Å². The van der Waals surface area contributed by atoms with Crippen LogP contribution in [-0.2, 0) is 19.1 Å². The van der Waals surface area contributed by atoms with Crippen molar-refractivity contribution in [1.29, 1.82) is 0 Å². The zero-order valence-electron chi connectivity index (χ0n) is 51.6. The maximum Gasteiger partial charge on any atom is 0.306 e. The van der Waals surface area contributed by atoms with Gasteiger partial charge in [-0.2, -0.15) is 0 Å². The second kappa shape index (κ2) is 68.3.